The third-order valence-corrected chi connectivity index (χ3v) is 5.34. The van der Waals surface area contributed by atoms with Gasteiger partial charge in [-0.2, -0.15) is 0 Å². The third kappa shape index (κ3) is 2.19. The Labute approximate surface area is 114 Å². The van der Waals surface area contributed by atoms with Gasteiger partial charge in [-0.3, -0.25) is 0 Å². The zero-order valence-corrected chi connectivity index (χ0v) is 12.2. The van der Waals surface area contributed by atoms with Crippen molar-refractivity contribution in [2.75, 3.05) is 6.54 Å². The molecule has 1 saturated carbocycles. The van der Waals surface area contributed by atoms with E-state index in [1.54, 1.807) is 0 Å². The summed E-state index contributed by atoms with van der Waals surface area (Å²) in [6, 6.07) is -0.779. The van der Waals surface area contributed by atoms with Gasteiger partial charge in [-0.1, -0.05) is 27.7 Å². The summed E-state index contributed by atoms with van der Waals surface area (Å²) in [7, 11) is 0. The van der Waals surface area contributed by atoms with E-state index in [9.17, 15) is 14.7 Å². The molecule has 0 radical (unpaired) electrons. The molecule has 2 aliphatic rings. The molecule has 0 bridgehead atoms. The van der Waals surface area contributed by atoms with Crippen LogP contribution in [0.4, 0.5) is 4.79 Å². The fraction of sp³-hybridized carbons (Fsp3) is 0.857. The van der Waals surface area contributed by atoms with Gasteiger partial charge in [0.2, 0.25) is 0 Å². The maximum atomic E-state index is 12.3. The number of carboxylic acids is 1. The van der Waals surface area contributed by atoms with Gasteiger partial charge in [0, 0.05) is 12.6 Å². The molecule has 0 spiro atoms. The summed E-state index contributed by atoms with van der Waals surface area (Å²) >= 11 is 0. The minimum atomic E-state index is -0.899. The van der Waals surface area contributed by atoms with Gasteiger partial charge in [-0.15, -0.1) is 0 Å². The third-order valence-electron chi connectivity index (χ3n) is 5.34. The molecule has 0 aromatic carbocycles. The first kappa shape index (κ1) is 14.2. The lowest BCUT2D eigenvalue weighted by Gasteiger charge is -2.33. The average Bonchev–Trinajstić information content (AvgIpc) is 2.71. The molecule has 1 saturated heterocycles. The van der Waals surface area contributed by atoms with Gasteiger partial charge in [0.1, 0.15) is 6.04 Å². The van der Waals surface area contributed by atoms with Crippen LogP contribution >= 0.6 is 0 Å². The maximum absolute atomic E-state index is 12.3. The molecule has 1 heterocycles. The smallest absolute Gasteiger partial charge is 0.326 e. The van der Waals surface area contributed by atoms with Crippen LogP contribution in [0.25, 0.3) is 0 Å². The van der Waals surface area contributed by atoms with E-state index in [1.165, 1.54) is 4.90 Å². The molecule has 2 amide bonds. The lowest BCUT2D eigenvalue weighted by molar-refractivity contribution is -0.143. The standard InChI is InChI=1S/C14H24N2O3/c1-13(2)11(14(13,3)4)15-12(19)16-8-6-5-7-9(16)10(17)18/h9,11H,5-8H2,1-4H3,(H,15,19)(H,17,18). The molecule has 108 valence electrons. The van der Waals surface area contributed by atoms with Crippen LogP contribution in [0, 0.1) is 10.8 Å². The van der Waals surface area contributed by atoms with Gasteiger partial charge < -0.3 is 15.3 Å². The molecule has 1 aliphatic heterocycles. The van der Waals surface area contributed by atoms with Gasteiger partial charge in [-0.25, -0.2) is 9.59 Å². The minimum absolute atomic E-state index is 0.0666. The summed E-state index contributed by atoms with van der Waals surface area (Å²) in [4.78, 5) is 25.0. The lowest BCUT2D eigenvalue weighted by atomic mass is 10.0. The van der Waals surface area contributed by atoms with Crippen LogP contribution in [0.2, 0.25) is 0 Å². The number of hydrogen-bond acceptors (Lipinski definition) is 2. The van der Waals surface area contributed by atoms with Crippen molar-refractivity contribution in [2.45, 2.75) is 59.0 Å². The number of hydrogen-bond donors (Lipinski definition) is 2. The zero-order valence-electron chi connectivity index (χ0n) is 12.2. The SMILES string of the molecule is CC1(C)C(NC(=O)N2CCCCC2C(=O)O)C1(C)C. The Kier molecular flexibility index (Phi) is 3.27. The highest BCUT2D eigenvalue weighted by atomic mass is 16.4. The van der Waals surface area contributed by atoms with Crippen LogP contribution in [0.1, 0.15) is 47.0 Å². The molecule has 19 heavy (non-hydrogen) atoms. The van der Waals surface area contributed by atoms with Crippen molar-refractivity contribution < 1.29 is 14.7 Å². The number of amides is 2. The van der Waals surface area contributed by atoms with Crippen LogP contribution < -0.4 is 5.32 Å². The average molecular weight is 268 g/mol. The van der Waals surface area contributed by atoms with Gasteiger partial charge in [0.05, 0.1) is 0 Å². The van der Waals surface area contributed by atoms with Gasteiger partial charge in [0.15, 0.2) is 0 Å². The quantitative estimate of drug-likeness (QED) is 0.805. The fourth-order valence-electron chi connectivity index (χ4n) is 3.19. The Hall–Kier alpha value is -1.26. The first-order valence-electron chi connectivity index (χ1n) is 6.99. The van der Waals surface area contributed by atoms with Crippen molar-refractivity contribution in [2.24, 2.45) is 10.8 Å². The first-order valence-corrected chi connectivity index (χ1v) is 6.99. The molecule has 1 atom stereocenters. The molecule has 2 N–H and O–H groups in total. The van der Waals surface area contributed by atoms with E-state index in [4.69, 9.17) is 0 Å². The number of nitrogens with one attached hydrogen (secondary N) is 1. The highest BCUT2D eigenvalue weighted by molar-refractivity contribution is 5.83. The summed E-state index contributed by atoms with van der Waals surface area (Å²) in [6.45, 7) is 9.05. The van der Waals surface area contributed by atoms with Crippen LogP contribution in [-0.2, 0) is 4.79 Å². The summed E-state index contributed by atoms with van der Waals surface area (Å²) in [5.41, 5.74) is 0.133. The normalized spacial score (nSPS) is 28.8. The summed E-state index contributed by atoms with van der Waals surface area (Å²) in [6.07, 6.45) is 2.32. The summed E-state index contributed by atoms with van der Waals surface area (Å²) in [5.74, 6) is -0.899. The highest BCUT2D eigenvalue weighted by Gasteiger charge is 2.65. The van der Waals surface area contributed by atoms with Gasteiger partial charge in [0.25, 0.3) is 0 Å². The second kappa shape index (κ2) is 4.39. The van der Waals surface area contributed by atoms with Crippen molar-refractivity contribution in [1.82, 2.24) is 10.2 Å². The largest absolute Gasteiger partial charge is 0.480 e. The van der Waals surface area contributed by atoms with Crippen molar-refractivity contribution in [3.8, 4) is 0 Å². The Morgan fingerprint density at radius 2 is 1.74 bits per heavy atom. The van der Waals surface area contributed by atoms with Crippen molar-refractivity contribution >= 4 is 12.0 Å². The maximum Gasteiger partial charge on any atom is 0.326 e. The molecule has 0 aromatic heterocycles. The number of likely N-dealkylation sites (tertiary alicyclic amines) is 1. The second-order valence-electron chi connectivity index (χ2n) is 6.87. The molecule has 1 aliphatic carbocycles. The number of carbonyl (C=O) groups is 2. The number of urea groups is 1. The van der Waals surface area contributed by atoms with E-state index >= 15 is 0 Å². The molecular weight excluding hydrogens is 244 g/mol. The number of aliphatic carboxylic acids is 1. The number of piperidine rings is 1. The van der Waals surface area contributed by atoms with Crippen molar-refractivity contribution in [3.05, 3.63) is 0 Å². The zero-order chi connectivity index (χ0) is 14.4. The summed E-state index contributed by atoms with van der Waals surface area (Å²) in [5, 5.41) is 12.2. The number of nitrogens with zero attached hydrogens (tertiary/aromatic N) is 1. The Morgan fingerprint density at radius 1 is 1.16 bits per heavy atom. The molecule has 2 rings (SSSR count). The number of carbonyl (C=O) groups excluding carboxylic acids is 1. The van der Waals surface area contributed by atoms with E-state index in [0.717, 1.165) is 12.8 Å². The van der Waals surface area contributed by atoms with E-state index in [1.807, 2.05) is 0 Å². The predicted octanol–water partition coefficient (Wildman–Crippen LogP) is 2.07. The van der Waals surface area contributed by atoms with E-state index < -0.39 is 12.0 Å². The van der Waals surface area contributed by atoms with Crippen molar-refractivity contribution in [1.29, 1.82) is 0 Å². The molecule has 5 nitrogen and oxygen atoms in total. The lowest BCUT2D eigenvalue weighted by Crippen LogP contribution is -2.52. The van der Waals surface area contributed by atoms with E-state index in [0.29, 0.717) is 13.0 Å². The molecule has 0 aromatic rings. The monoisotopic (exact) mass is 268 g/mol. The fourth-order valence-corrected chi connectivity index (χ4v) is 3.19. The van der Waals surface area contributed by atoms with Crippen LogP contribution in [0.3, 0.4) is 0 Å². The van der Waals surface area contributed by atoms with Crippen LogP contribution in [0.15, 0.2) is 0 Å². The Balaban J connectivity index is 2.02. The second-order valence-corrected chi connectivity index (χ2v) is 6.87. The number of carboxylic acid groups (broad SMARTS) is 1. The topological polar surface area (TPSA) is 69.6 Å². The van der Waals surface area contributed by atoms with Crippen LogP contribution in [0.5, 0.6) is 0 Å². The Morgan fingerprint density at radius 3 is 2.21 bits per heavy atom. The van der Waals surface area contributed by atoms with Gasteiger partial charge in [-0.05, 0) is 30.1 Å². The summed E-state index contributed by atoms with van der Waals surface area (Å²) < 4.78 is 0. The highest BCUT2D eigenvalue weighted by Crippen LogP contribution is 2.62. The molecule has 2 fully saturated rings. The van der Waals surface area contributed by atoms with Gasteiger partial charge >= 0.3 is 12.0 Å². The van der Waals surface area contributed by atoms with Crippen LogP contribution in [-0.4, -0.2) is 40.6 Å². The molecular formula is C14H24N2O3. The Bertz CT molecular complexity index is 389. The predicted molar refractivity (Wildman–Crippen MR) is 71.9 cm³/mol. The molecule has 5 heteroatoms. The first-order chi connectivity index (χ1) is 8.69. The minimum Gasteiger partial charge on any atom is -0.480 e. The van der Waals surface area contributed by atoms with Crippen molar-refractivity contribution in [3.63, 3.8) is 0 Å². The van der Waals surface area contributed by atoms with E-state index in [-0.39, 0.29) is 22.9 Å². The molecule has 1 unspecified atom stereocenters. The van der Waals surface area contributed by atoms with E-state index in [2.05, 4.69) is 33.0 Å². The number of rotatable bonds is 2.